The minimum absolute atomic E-state index is 0.0777. The predicted octanol–water partition coefficient (Wildman–Crippen LogP) is -0.306. The molecule has 18 N–H and O–H groups in total. The molecular weight excluding hydrogens is 908 g/mol. The van der Waals surface area contributed by atoms with E-state index < -0.39 is 179 Å². The fourth-order valence-corrected chi connectivity index (χ4v) is 6.42. The molecule has 352 valence electrons. The van der Waals surface area contributed by atoms with E-state index in [2.05, 4.69) is 0 Å². The van der Waals surface area contributed by atoms with Crippen molar-refractivity contribution in [3.63, 3.8) is 0 Å². The summed E-state index contributed by atoms with van der Waals surface area (Å²) >= 11 is 0. The Bertz CT molecular complexity index is 2810. The van der Waals surface area contributed by atoms with Gasteiger partial charge in [-0.3, -0.25) is 19.2 Å². The van der Waals surface area contributed by atoms with Gasteiger partial charge in [-0.15, -0.1) is 0 Å². The number of carbonyl (C=O) groups excluding carboxylic acids is 6. The molecule has 0 aliphatic rings. The molecule has 0 aromatic heterocycles. The molecule has 0 fully saturated rings. The number of benzene rings is 5. The highest BCUT2D eigenvalue weighted by molar-refractivity contribution is 6.52. The lowest BCUT2D eigenvalue weighted by Gasteiger charge is -2.47. The maximum Gasteiger partial charge on any atom is 0.340 e. The van der Waals surface area contributed by atoms with E-state index in [1.54, 1.807) is 0 Å². The number of phenolic OH excluding ortho intramolecular Hbond substituents is 15. The van der Waals surface area contributed by atoms with Crippen molar-refractivity contribution in [2.24, 2.45) is 0 Å². The van der Waals surface area contributed by atoms with E-state index in [9.17, 15) is 106 Å². The molecule has 0 aliphatic carbocycles. The van der Waals surface area contributed by atoms with Crippen LogP contribution in [0, 0.1) is 0 Å². The molecule has 0 saturated carbocycles. The summed E-state index contributed by atoms with van der Waals surface area (Å²) in [7, 11) is 0. The molecule has 0 heterocycles. The van der Waals surface area contributed by atoms with Crippen molar-refractivity contribution in [1.29, 1.82) is 0 Å². The van der Waals surface area contributed by atoms with Crippen molar-refractivity contribution >= 4 is 35.1 Å². The van der Waals surface area contributed by atoms with Crippen LogP contribution in [0.1, 0.15) is 51.8 Å². The van der Waals surface area contributed by atoms with Crippen molar-refractivity contribution in [1.82, 2.24) is 0 Å². The van der Waals surface area contributed by atoms with E-state index in [0.29, 0.717) is 0 Å². The first-order chi connectivity index (χ1) is 31.2. The lowest BCUT2D eigenvalue weighted by molar-refractivity contribution is -0.187. The average Bonchev–Trinajstić information content (AvgIpc) is 3.28. The van der Waals surface area contributed by atoms with E-state index >= 15 is 14.4 Å². The molecule has 5 rings (SSSR count). The zero-order chi connectivity index (χ0) is 50.4. The Morgan fingerprint density at radius 2 is 0.672 bits per heavy atom. The number of ketones is 4. The second kappa shape index (κ2) is 17.6. The van der Waals surface area contributed by atoms with Gasteiger partial charge in [0.1, 0.15) is 12.2 Å². The van der Waals surface area contributed by atoms with Crippen LogP contribution in [0.15, 0.2) is 60.7 Å². The third-order valence-corrected chi connectivity index (χ3v) is 9.78. The first kappa shape index (κ1) is 48.6. The number of hydrogen-bond donors (Lipinski definition) is 18. The van der Waals surface area contributed by atoms with Gasteiger partial charge in [-0.05, 0) is 60.7 Å². The van der Waals surface area contributed by atoms with Crippen molar-refractivity contribution < 1.29 is 130 Å². The lowest BCUT2D eigenvalue weighted by Crippen LogP contribution is -2.78. The van der Waals surface area contributed by atoms with Crippen LogP contribution in [0.5, 0.6) is 86.2 Å². The molecule has 0 amide bonds. The second-order valence-corrected chi connectivity index (χ2v) is 14.0. The molecule has 4 atom stereocenters. The Kier molecular flexibility index (Phi) is 12.8. The lowest BCUT2D eigenvalue weighted by atomic mass is 9.65. The van der Waals surface area contributed by atoms with Crippen LogP contribution in [0.3, 0.4) is 0 Å². The van der Waals surface area contributed by atoms with Gasteiger partial charge in [0.2, 0.25) is 17.3 Å². The normalized spacial score (nSPS) is 13.8. The van der Waals surface area contributed by atoms with E-state index in [4.69, 9.17) is 9.47 Å². The van der Waals surface area contributed by atoms with Gasteiger partial charge in [0.05, 0.1) is 17.7 Å². The summed E-state index contributed by atoms with van der Waals surface area (Å²) in [5, 5.41) is 188. The number of aliphatic hydroxyl groups excluding tert-OH is 3. The van der Waals surface area contributed by atoms with Gasteiger partial charge in [0.15, 0.2) is 86.2 Å². The maximum absolute atomic E-state index is 15.6. The molecule has 26 nitrogen and oxygen atoms in total. The van der Waals surface area contributed by atoms with Crippen LogP contribution < -0.4 is 0 Å². The van der Waals surface area contributed by atoms with Crippen LogP contribution in [0.2, 0.25) is 0 Å². The first-order valence-electron chi connectivity index (χ1n) is 18.0. The number of phenols is 15. The summed E-state index contributed by atoms with van der Waals surface area (Å²) in [4.78, 5) is 90.1. The predicted molar refractivity (Wildman–Crippen MR) is 211 cm³/mol. The van der Waals surface area contributed by atoms with E-state index in [1.807, 2.05) is 0 Å². The summed E-state index contributed by atoms with van der Waals surface area (Å²) in [6.07, 6.45) is -6.99. The van der Waals surface area contributed by atoms with Crippen LogP contribution in [-0.2, 0) is 14.3 Å². The van der Waals surface area contributed by atoms with Gasteiger partial charge in [0, 0.05) is 16.7 Å². The molecule has 0 radical (unpaired) electrons. The zero-order valence-electron chi connectivity index (χ0n) is 33.0. The highest BCUT2D eigenvalue weighted by Gasteiger charge is 2.76. The number of carbonyl (C=O) groups is 6. The standard InChI is InChI=1S/C41H32O26/c42-11-27(53)36(62)40(34(60)13-3-19(45)30(56)20(46)4-13,66-38(64)15-7-23(49)32(58)24(50)8-15)41(35(61)14-5-21(47)31(57)22(48)6-14,67-39(65)16-9-25(51)33(59)26(52)10-16)37(63)28(54)12-1-17(43)29(55)18(44)2-12/h1-10,27,36,42-53,55-59,62H,11H2/t27-,36-,40+,41+/m1/s1. The van der Waals surface area contributed by atoms with Crippen molar-refractivity contribution in [3.05, 3.63) is 88.5 Å². The smallest absolute Gasteiger partial charge is 0.340 e. The monoisotopic (exact) mass is 940 g/mol. The van der Waals surface area contributed by atoms with Gasteiger partial charge >= 0.3 is 11.9 Å². The Morgan fingerprint density at radius 1 is 0.403 bits per heavy atom. The minimum atomic E-state index is -5.16. The molecule has 26 heteroatoms. The Morgan fingerprint density at radius 3 is 0.985 bits per heavy atom. The number of ether oxygens (including phenoxy) is 2. The van der Waals surface area contributed by atoms with Crippen LogP contribution in [0.25, 0.3) is 0 Å². The third-order valence-electron chi connectivity index (χ3n) is 9.78. The Hall–Kier alpha value is -9.40. The molecular formula is C41H32O26. The fraction of sp³-hybridized carbons (Fsp3) is 0.122. The summed E-state index contributed by atoms with van der Waals surface area (Å²) in [6.45, 7) is -1.89. The maximum atomic E-state index is 15.6. The van der Waals surface area contributed by atoms with Crippen LogP contribution in [-0.4, -0.2) is 157 Å². The van der Waals surface area contributed by atoms with E-state index in [-0.39, 0.29) is 60.7 Å². The molecule has 0 aliphatic heterocycles. The average molecular weight is 941 g/mol. The number of Topliss-reactive ketones (excluding diaryl/α,β-unsaturated/α-hetero) is 4. The third kappa shape index (κ3) is 8.18. The van der Waals surface area contributed by atoms with Crippen LogP contribution in [0.4, 0.5) is 0 Å². The second-order valence-electron chi connectivity index (χ2n) is 14.0. The molecule has 0 saturated heterocycles. The number of aromatic hydroxyl groups is 15. The van der Waals surface area contributed by atoms with Crippen molar-refractivity contribution in [2.45, 2.75) is 23.4 Å². The first-order valence-corrected chi connectivity index (χ1v) is 18.0. The molecule has 67 heavy (non-hydrogen) atoms. The summed E-state index contributed by atoms with van der Waals surface area (Å²) in [6, 6.07) is 1.49. The Balaban J connectivity index is 2.13. The van der Waals surface area contributed by atoms with Gasteiger partial charge in [0.25, 0.3) is 17.0 Å². The summed E-state index contributed by atoms with van der Waals surface area (Å²) < 4.78 is 10.8. The largest absolute Gasteiger partial charge is 0.504 e. The molecule has 5 aromatic carbocycles. The van der Waals surface area contributed by atoms with Crippen molar-refractivity contribution in [2.75, 3.05) is 6.61 Å². The molecule has 5 aromatic rings. The molecule has 0 bridgehead atoms. The summed E-state index contributed by atoms with van der Waals surface area (Å²) in [5.41, 5.74) is -17.3. The highest BCUT2D eigenvalue weighted by atomic mass is 16.6. The SMILES string of the molecule is O=C(O[C@](C(=O)C(=O)c1cc(O)c(O)c(O)c1)(C(=O)c1cc(O)c(O)c(O)c1)[C@](OC(=O)c1cc(O)c(O)c(O)c1)(C(=O)c1cc(O)c(O)c(O)c1)[C@H](O)[C@H](O)CO)c1cc(O)c(O)c(O)c1. The number of rotatable bonds is 15. The molecule has 0 unspecified atom stereocenters. The van der Waals surface area contributed by atoms with Gasteiger partial charge in [-0.2, -0.15) is 0 Å². The summed E-state index contributed by atoms with van der Waals surface area (Å²) in [5.74, 6) is -37.0. The highest BCUT2D eigenvalue weighted by Crippen LogP contribution is 2.48. The van der Waals surface area contributed by atoms with Gasteiger partial charge < -0.3 is 101 Å². The zero-order valence-corrected chi connectivity index (χ0v) is 33.0. The van der Waals surface area contributed by atoms with E-state index in [1.165, 1.54) is 0 Å². The van der Waals surface area contributed by atoms with E-state index in [0.717, 1.165) is 0 Å². The minimum Gasteiger partial charge on any atom is -0.504 e. The quantitative estimate of drug-likeness (QED) is 0.0210. The Labute approximate surface area is 369 Å². The topological polar surface area (TPSA) is 485 Å². The number of esters is 2. The van der Waals surface area contributed by atoms with Gasteiger partial charge in [-0.25, -0.2) is 9.59 Å². The number of hydrogen-bond acceptors (Lipinski definition) is 26. The number of aliphatic hydroxyl groups is 3. The molecule has 0 spiro atoms. The fourth-order valence-electron chi connectivity index (χ4n) is 6.42. The van der Waals surface area contributed by atoms with Gasteiger partial charge in [-0.1, -0.05) is 0 Å². The van der Waals surface area contributed by atoms with Crippen LogP contribution >= 0.6 is 0 Å². The van der Waals surface area contributed by atoms with Crippen molar-refractivity contribution in [3.8, 4) is 86.2 Å².